The smallest absolute Gasteiger partial charge is 0.268 e. The number of allylic oxidation sites excluding steroid dienone is 1. The Morgan fingerprint density at radius 3 is 2.46 bits per heavy atom. The van der Waals surface area contributed by atoms with Gasteiger partial charge in [0.25, 0.3) is 10.1 Å². The monoisotopic (exact) mass is 359 g/mol. The van der Waals surface area contributed by atoms with E-state index in [1.807, 2.05) is 7.05 Å². The number of hydrogen-bond donors (Lipinski definition) is 2. The zero-order valence-electron chi connectivity index (χ0n) is 15.6. The zero-order chi connectivity index (χ0) is 17.8. The second-order valence-corrected chi connectivity index (χ2v) is 8.85. The summed E-state index contributed by atoms with van der Waals surface area (Å²) in [5, 5.41) is 2.78. The Balaban J connectivity index is 2.84. The van der Waals surface area contributed by atoms with Crippen LogP contribution in [0.5, 0.6) is 0 Å². The number of rotatable bonds is 7. The molecule has 0 amide bonds. The normalized spacial score (nSPS) is 25.1. The van der Waals surface area contributed by atoms with Gasteiger partial charge in [0, 0.05) is 6.04 Å². The topological polar surface area (TPSA) is 66.4 Å². The largest absolute Gasteiger partial charge is 0.313 e. The van der Waals surface area contributed by atoms with Gasteiger partial charge in [-0.15, -0.1) is 0 Å². The molecule has 24 heavy (non-hydrogen) atoms. The van der Waals surface area contributed by atoms with E-state index in [-0.39, 0.29) is 0 Å². The second-order valence-electron chi connectivity index (χ2n) is 7.15. The minimum Gasteiger partial charge on any atom is -0.313 e. The Morgan fingerprint density at radius 2 is 1.83 bits per heavy atom. The van der Waals surface area contributed by atoms with Crippen molar-refractivity contribution in [3.63, 3.8) is 0 Å². The van der Waals surface area contributed by atoms with Crippen molar-refractivity contribution in [2.45, 2.75) is 102 Å². The molecule has 1 aliphatic rings. The van der Waals surface area contributed by atoms with Crippen LogP contribution in [0, 0.1) is 0 Å². The lowest BCUT2D eigenvalue weighted by molar-refractivity contribution is 0.453. The molecule has 142 valence electrons. The molecule has 0 aliphatic heterocycles. The van der Waals surface area contributed by atoms with Crippen LogP contribution in [-0.2, 0) is 10.1 Å². The van der Waals surface area contributed by atoms with Crippen molar-refractivity contribution < 1.29 is 13.0 Å². The third-order valence-corrected chi connectivity index (χ3v) is 6.47. The minimum atomic E-state index is -3.96. The van der Waals surface area contributed by atoms with Gasteiger partial charge in [-0.25, -0.2) is 0 Å². The van der Waals surface area contributed by atoms with Crippen molar-refractivity contribution in [3.8, 4) is 0 Å². The van der Waals surface area contributed by atoms with Crippen molar-refractivity contribution in [1.29, 1.82) is 0 Å². The molecule has 0 spiro atoms. The van der Waals surface area contributed by atoms with E-state index in [2.05, 4.69) is 18.3 Å². The van der Waals surface area contributed by atoms with Gasteiger partial charge in [-0.2, -0.15) is 8.42 Å². The van der Waals surface area contributed by atoms with Crippen LogP contribution < -0.4 is 5.32 Å². The van der Waals surface area contributed by atoms with Gasteiger partial charge in [0.2, 0.25) is 0 Å². The highest BCUT2D eigenvalue weighted by Crippen LogP contribution is 2.23. The van der Waals surface area contributed by atoms with Crippen LogP contribution in [-0.4, -0.2) is 31.3 Å². The number of unbranched alkanes of at least 4 members (excludes halogenated alkanes) is 2. The minimum absolute atomic E-state index is 0.335. The summed E-state index contributed by atoms with van der Waals surface area (Å²) in [6.07, 6.45) is 15.7. The standard InChI is InChI=1S/C19H37NO3S/c1-3-4-9-14-19(20-2)17-12-10-7-5-6-8-11-13-18(16-15-17)24(21,22)23/h15,18-20H,3-14,16H2,1-2H3,(H,21,22,23)/b17-15+. The fraction of sp³-hybridized carbons (Fsp3) is 0.895. The molecule has 0 bridgehead atoms. The third-order valence-electron chi connectivity index (χ3n) is 5.20. The van der Waals surface area contributed by atoms with Crippen LogP contribution in [0.2, 0.25) is 0 Å². The van der Waals surface area contributed by atoms with E-state index < -0.39 is 15.4 Å². The maximum absolute atomic E-state index is 11.7. The maximum atomic E-state index is 11.7. The Morgan fingerprint density at radius 1 is 1.17 bits per heavy atom. The lowest BCUT2D eigenvalue weighted by Gasteiger charge is -2.22. The molecule has 0 radical (unpaired) electrons. The second kappa shape index (κ2) is 12.0. The van der Waals surface area contributed by atoms with Crippen LogP contribution in [0.3, 0.4) is 0 Å². The van der Waals surface area contributed by atoms with Crippen LogP contribution >= 0.6 is 0 Å². The average molecular weight is 360 g/mol. The molecule has 0 aromatic rings. The van der Waals surface area contributed by atoms with Gasteiger partial charge < -0.3 is 5.32 Å². The van der Waals surface area contributed by atoms with Crippen LogP contribution in [0.1, 0.15) is 90.4 Å². The van der Waals surface area contributed by atoms with Crippen LogP contribution in [0.4, 0.5) is 0 Å². The van der Waals surface area contributed by atoms with E-state index in [0.29, 0.717) is 18.9 Å². The summed E-state index contributed by atoms with van der Waals surface area (Å²) >= 11 is 0. The van der Waals surface area contributed by atoms with Crippen molar-refractivity contribution >= 4 is 10.1 Å². The summed E-state index contributed by atoms with van der Waals surface area (Å²) < 4.78 is 32.9. The Hall–Kier alpha value is -0.390. The van der Waals surface area contributed by atoms with E-state index in [1.165, 1.54) is 50.5 Å². The first kappa shape index (κ1) is 21.7. The predicted octanol–water partition coefficient (Wildman–Crippen LogP) is 4.86. The summed E-state index contributed by atoms with van der Waals surface area (Å²) in [6, 6.07) is 0.335. The molecule has 0 saturated heterocycles. The van der Waals surface area contributed by atoms with E-state index >= 15 is 0 Å². The Kier molecular flexibility index (Phi) is 10.9. The first-order valence-electron chi connectivity index (χ1n) is 9.81. The molecule has 2 N–H and O–H groups in total. The quantitative estimate of drug-likeness (QED) is 0.387. The molecule has 0 aromatic carbocycles. The Labute approximate surface area is 149 Å². The molecule has 2 unspecified atom stereocenters. The summed E-state index contributed by atoms with van der Waals surface area (Å²) in [4.78, 5) is 0. The Bertz CT molecular complexity index is 459. The molecule has 2 atom stereocenters. The van der Waals surface area contributed by atoms with Gasteiger partial charge >= 0.3 is 0 Å². The first-order chi connectivity index (χ1) is 11.5. The van der Waals surface area contributed by atoms with E-state index in [0.717, 1.165) is 25.7 Å². The molecule has 5 heteroatoms. The van der Waals surface area contributed by atoms with Crippen molar-refractivity contribution in [3.05, 3.63) is 11.6 Å². The molecule has 0 fully saturated rings. The molecule has 1 aliphatic carbocycles. The SMILES string of the molecule is CCCCCC(NC)/C1=C/CC(S(=O)(=O)O)CCCCCCCC1. The highest BCUT2D eigenvalue weighted by molar-refractivity contribution is 7.86. The van der Waals surface area contributed by atoms with Crippen molar-refractivity contribution in [2.24, 2.45) is 0 Å². The summed E-state index contributed by atoms with van der Waals surface area (Å²) in [5.41, 5.74) is 1.34. The summed E-state index contributed by atoms with van der Waals surface area (Å²) in [6.45, 7) is 2.21. The average Bonchev–Trinajstić information content (AvgIpc) is 2.52. The molecule has 4 nitrogen and oxygen atoms in total. The van der Waals surface area contributed by atoms with Gasteiger partial charge in [0.15, 0.2) is 0 Å². The number of nitrogens with one attached hydrogen (secondary N) is 1. The fourth-order valence-electron chi connectivity index (χ4n) is 3.61. The number of likely N-dealkylation sites (N-methyl/N-ethyl adjacent to an activating group) is 1. The van der Waals surface area contributed by atoms with E-state index in [4.69, 9.17) is 0 Å². The molecular weight excluding hydrogens is 322 g/mol. The number of hydrogen-bond acceptors (Lipinski definition) is 3. The van der Waals surface area contributed by atoms with Gasteiger partial charge in [-0.1, -0.05) is 69.9 Å². The molecule has 0 aromatic heterocycles. The van der Waals surface area contributed by atoms with E-state index in [1.54, 1.807) is 0 Å². The van der Waals surface area contributed by atoms with Gasteiger partial charge in [0.1, 0.15) is 0 Å². The first-order valence-corrected chi connectivity index (χ1v) is 11.3. The highest BCUT2D eigenvalue weighted by atomic mass is 32.2. The third kappa shape index (κ3) is 8.63. The molecule has 0 heterocycles. The molecule has 1 rings (SSSR count). The lowest BCUT2D eigenvalue weighted by atomic mass is 9.93. The lowest BCUT2D eigenvalue weighted by Crippen LogP contribution is -2.28. The van der Waals surface area contributed by atoms with Gasteiger partial charge in [-0.05, 0) is 39.2 Å². The van der Waals surface area contributed by atoms with Crippen LogP contribution in [0.25, 0.3) is 0 Å². The van der Waals surface area contributed by atoms with Crippen LogP contribution in [0.15, 0.2) is 11.6 Å². The zero-order valence-corrected chi connectivity index (χ0v) is 16.4. The van der Waals surface area contributed by atoms with Gasteiger partial charge in [0.05, 0.1) is 5.25 Å². The van der Waals surface area contributed by atoms with Crippen molar-refractivity contribution in [2.75, 3.05) is 7.05 Å². The molecular formula is C19H37NO3S. The highest BCUT2D eigenvalue weighted by Gasteiger charge is 2.22. The predicted molar refractivity (Wildman–Crippen MR) is 102 cm³/mol. The van der Waals surface area contributed by atoms with Crippen molar-refractivity contribution in [1.82, 2.24) is 5.32 Å². The van der Waals surface area contributed by atoms with E-state index in [9.17, 15) is 13.0 Å². The summed E-state index contributed by atoms with van der Waals surface area (Å²) in [5.74, 6) is 0. The maximum Gasteiger partial charge on any atom is 0.268 e. The molecule has 0 saturated carbocycles. The fourth-order valence-corrected chi connectivity index (χ4v) is 4.42. The summed E-state index contributed by atoms with van der Waals surface area (Å²) in [7, 11) is -1.96. The van der Waals surface area contributed by atoms with Gasteiger partial charge in [-0.3, -0.25) is 4.55 Å².